The molecule has 8 heteroatoms. The van der Waals surface area contributed by atoms with E-state index in [0.29, 0.717) is 0 Å². The van der Waals surface area contributed by atoms with Gasteiger partial charge in [0, 0.05) is 30.9 Å². The summed E-state index contributed by atoms with van der Waals surface area (Å²) in [5, 5.41) is 38.7. The van der Waals surface area contributed by atoms with Crippen molar-refractivity contribution in [3.63, 3.8) is 0 Å². The summed E-state index contributed by atoms with van der Waals surface area (Å²) in [6.45, 7) is 6.14. The van der Waals surface area contributed by atoms with E-state index >= 15 is 0 Å². The summed E-state index contributed by atoms with van der Waals surface area (Å²) in [6, 6.07) is 8.76. The fourth-order valence-corrected chi connectivity index (χ4v) is 2.68. The minimum Gasteiger partial charge on any atom is -0.506 e. The molecule has 0 spiro atoms. The molecule has 0 aromatic heterocycles. The number of hydrogen-bond donors (Lipinski definition) is 2. The number of phenols is 2. The number of benzene rings is 2. The summed E-state index contributed by atoms with van der Waals surface area (Å²) in [5.74, 6) is -0.361. The quantitative estimate of drug-likeness (QED) is 0.303. The van der Waals surface area contributed by atoms with E-state index in [1.54, 1.807) is 12.1 Å². The average Bonchev–Trinajstić information content (AvgIpc) is 2.68. The van der Waals surface area contributed by atoms with Crippen molar-refractivity contribution in [1.82, 2.24) is 0 Å². The Morgan fingerprint density at radius 3 is 1.93 bits per heavy atom. The first-order chi connectivity index (χ1) is 13.5. The Kier molecular flexibility index (Phi) is 7.74. The number of nitro groups is 1. The van der Waals surface area contributed by atoms with E-state index in [4.69, 9.17) is 0 Å². The van der Waals surface area contributed by atoms with Gasteiger partial charge in [-0.2, -0.15) is 0 Å². The number of hydrogen-bond acceptors (Lipinski definition) is 7. The largest absolute Gasteiger partial charge is 0.506 e. The number of non-ortho nitro benzene ring substituents is 1. The molecule has 0 amide bonds. The second-order valence-electron chi connectivity index (χ2n) is 6.50. The van der Waals surface area contributed by atoms with E-state index in [0.717, 1.165) is 50.5 Å². The van der Waals surface area contributed by atoms with Crippen molar-refractivity contribution in [3.8, 4) is 11.5 Å². The van der Waals surface area contributed by atoms with Crippen molar-refractivity contribution >= 4 is 22.7 Å². The molecule has 2 N–H and O–H groups in total. The molecule has 0 saturated heterocycles. The molecule has 0 aliphatic carbocycles. The summed E-state index contributed by atoms with van der Waals surface area (Å²) < 4.78 is 0. The zero-order valence-corrected chi connectivity index (χ0v) is 16.2. The van der Waals surface area contributed by atoms with Crippen molar-refractivity contribution in [1.29, 1.82) is 0 Å². The molecular formula is C20H26N4O4. The second-order valence-corrected chi connectivity index (χ2v) is 6.50. The van der Waals surface area contributed by atoms with Crippen LogP contribution in [-0.4, -0.2) is 28.2 Å². The monoisotopic (exact) mass is 386 g/mol. The molecule has 0 unspecified atom stereocenters. The Balaban J connectivity index is 2.19. The van der Waals surface area contributed by atoms with Crippen molar-refractivity contribution < 1.29 is 15.1 Å². The summed E-state index contributed by atoms with van der Waals surface area (Å²) in [4.78, 5) is 12.4. The summed E-state index contributed by atoms with van der Waals surface area (Å²) >= 11 is 0. The van der Waals surface area contributed by atoms with Crippen LogP contribution in [0.15, 0.2) is 46.6 Å². The van der Waals surface area contributed by atoms with E-state index in [9.17, 15) is 20.3 Å². The van der Waals surface area contributed by atoms with Crippen LogP contribution in [0, 0.1) is 10.1 Å². The van der Waals surface area contributed by atoms with Crippen molar-refractivity contribution in [2.75, 3.05) is 18.0 Å². The highest BCUT2D eigenvalue weighted by atomic mass is 16.6. The maximum Gasteiger partial charge on any atom is 0.273 e. The van der Waals surface area contributed by atoms with Crippen molar-refractivity contribution in [2.45, 2.75) is 39.5 Å². The van der Waals surface area contributed by atoms with Gasteiger partial charge in [0.05, 0.1) is 11.0 Å². The Morgan fingerprint density at radius 1 is 0.929 bits per heavy atom. The first kappa shape index (κ1) is 21.1. The van der Waals surface area contributed by atoms with E-state index in [1.165, 1.54) is 12.1 Å². The van der Waals surface area contributed by atoms with E-state index in [1.807, 2.05) is 6.07 Å². The van der Waals surface area contributed by atoms with Crippen LogP contribution in [0.2, 0.25) is 0 Å². The lowest BCUT2D eigenvalue weighted by molar-refractivity contribution is -0.384. The standard InChI is InChI=1S/C20H26N4O4/c1-3-5-11-23(12-6-4-2)15-7-9-17(19(25)13-15)21-22-18-10-8-16(24(27)28)14-20(18)26/h7-10,13-14,25-26H,3-6,11-12H2,1-2H3. The number of nitrogens with zero attached hydrogens (tertiary/aromatic N) is 4. The maximum absolute atomic E-state index is 10.7. The van der Waals surface area contributed by atoms with Gasteiger partial charge in [0.2, 0.25) is 0 Å². The number of azo groups is 1. The third kappa shape index (κ3) is 5.67. The van der Waals surface area contributed by atoms with Gasteiger partial charge in [0.15, 0.2) is 0 Å². The van der Waals surface area contributed by atoms with Crippen LogP contribution in [0.3, 0.4) is 0 Å². The molecule has 28 heavy (non-hydrogen) atoms. The zero-order chi connectivity index (χ0) is 20.5. The number of nitro benzene ring substituents is 1. The molecule has 0 aliphatic rings. The van der Waals surface area contributed by atoms with Crippen LogP contribution in [0.1, 0.15) is 39.5 Å². The normalized spacial score (nSPS) is 11.1. The van der Waals surface area contributed by atoms with Crippen LogP contribution in [0.4, 0.5) is 22.7 Å². The van der Waals surface area contributed by atoms with Gasteiger partial charge in [-0.25, -0.2) is 0 Å². The minimum absolute atomic E-state index is 0.0133. The minimum atomic E-state index is -0.603. The lowest BCUT2D eigenvalue weighted by Crippen LogP contribution is -2.25. The smallest absolute Gasteiger partial charge is 0.273 e. The second kappa shape index (κ2) is 10.2. The predicted molar refractivity (Wildman–Crippen MR) is 109 cm³/mol. The van der Waals surface area contributed by atoms with Gasteiger partial charge in [-0.1, -0.05) is 26.7 Å². The van der Waals surface area contributed by atoms with E-state index in [-0.39, 0.29) is 28.6 Å². The number of unbranched alkanes of at least 4 members (excludes halogenated alkanes) is 2. The molecule has 0 atom stereocenters. The van der Waals surface area contributed by atoms with Gasteiger partial charge >= 0.3 is 0 Å². The number of anilines is 1. The Labute approximate surface area is 164 Å². The van der Waals surface area contributed by atoms with E-state index in [2.05, 4.69) is 29.0 Å². The van der Waals surface area contributed by atoms with Gasteiger partial charge in [0.25, 0.3) is 5.69 Å². The number of rotatable bonds is 10. The molecule has 0 saturated carbocycles. The molecule has 0 aliphatic heterocycles. The van der Waals surface area contributed by atoms with Crippen molar-refractivity contribution in [3.05, 3.63) is 46.5 Å². The lowest BCUT2D eigenvalue weighted by atomic mass is 10.2. The third-order valence-corrected chi connectivity index (χ3v) is 4.32. The number of phenolic OH excluding ortho intramolecular Hbond substituents is 2. The topological polar surface area (TPSA) is 112 Å². The molecule has 8 nitrogen and oxygen atoms in total. The average molecular weight is 386 g/mol. The fraction of sp³-hybridized carbons (Fsp3) is 0.400. The molecule has 0 radical (unpaired) electrons. The molecule has 2 rings (SSSR count). The molecule has 2 aromatic rings. The zero-order valence-electron chi connectivity index (χ0n) is 16.2. The van der Waals surface area contributed by atoms with Crippen LogP contribution in [-0.2, 0) is 0 Å². The fourth-order valence-electron chi connectivity index (χ4n) is 2.68. The SMILES string of the molecule is CCCCN(CCCC)c1ccc(N=Nc2ccc([N+](=O)[O-])cc2O)c(O)c1. The maximum atomic E-state index is 10.7. The molecule has 0 heterocycles. The Bertz CT molecular complexity index is 831. The van der Waals surface area contributed by atoms with Crippen LogP contribution in [0.25, 0.3) is 0 Å². The molecule has 0 fully saturated rings. The van der Waals surface area contributed by atoms with Gasteiger partial charge < -0.3 is 15.1 Å². The highest BCUT2D eigenvalue weighted by Gasteiger charge is 2.11. The Hall–Kier alpha value is -3.16. The predicted octanol–water partition coefficient (Wildman–Crippen LogP) is 5.83. The van der Waals surface area contributed by atoms with Crippen LogP contribution in [0.5, 0.6) is 11.5 Å². The third-order valence-electron chi connectivity index (χ3n) is 4.32. The molecule has 0 bridgehead atoms. The van der Waals surface area contributed by atoms with Gasteiger partial charge in [-0.15, -0.1) is 10.2 Å². The van der Waals surface area contributed by atoms with Gasteiger partial charge in [-0.05, 0) is 31.0 Å². The van der Waals surface area contributed by atoms with Crippen molar-refractivity contribution in [2.24, 2.45) is 10.2 Å². The highest BCUT2D eigenvalue weighted by molar-refractivity contribution is 5.62. The molecule has 150 valence electrons. The summed E-state index contributed by atoms with van der Waals surface area (Å²) in [5.41, 5.74) is 1.04. The Morgan fingerprint density at radius 2 is 1.46 bits per heavy atom. The highest BCUT2D eigenvalue weighted by Crippen LogP contribution is 2.35. The number of aromatic hydroxyl groups is 2. The summed E-state index contributed by atoms with van der Waals surface area (Å²) in [7, 11) is 0. The van der Waals surface area contributed by atoms with Crippen LogP contribution >= 0.6 is 0 Å². The van der Waals surface area contributed by atoms with E-state index < -0.39 is 4.92 Å². The first-order valence-electron chi connectivity index (χ1n) is 9.43. The first-order valence-corrected chi connectivity index (χ1v) is 9.43. The summed E-state index contributed by atoms with van der Waals surface area (Å²) in [6.07, 6.45) is 4.34. The van der Waals surface area contributed by atoms with Gasteiger partial charge in [0.1, 0.15) is 22.9 Å². The van der Waals surface area contributed by atoms with Crippen LogP contribution < -0.4 is 4.90 Å². The molecular weight excluding hydrogens is 360 g/mol. The molecule has 2 aromatic carbocycles. The van der Waals surface area contributed by atoms with Gasteiger partial charge in [-0.3, -0.25) is 10.1 Å². The lowest BCUT2D eigenvalue weighted by Gasteiger charge is -2.25.